The summed E-state index contributed by atoms with van der Waals surface area (Å²) < 4.78 is 18.9. The third-order valence-corrected chi connectivity index (χ3v) is 5.12. The molecule has 0 bridgehead atoms. The highest BCUT2D eigenvalue weighted by molar-refractivity contribution is 14.1. The fourth-order valence-corrected chi connectivity index (χ4v) is 3.58. The van der Waals surface area contributed by atoms with Crippen LogP contribution in [-0.4, -0.2) is 36.3 Å². The summed E-state index contributed by atoms with van der Waals surface area (Å²) >= 11 is 2.26. The van der Waals surface area contributed by atoms with Crippen molar-refractivity contribution in [2.24, 2.45) is 0 Å². The van der Waals surface area contributed by atoms with Gasteiger partial charge in [-0.3, -0.25) is 0 Å². The summed E-state index contributed by atoms with van der Waals surface area (Å²) in [6.07, 6.45) is 0. The number of carbonyl (C=O) groups excluding carboxylic acids is 2. The molecule has 0 saturated heterocycles. The number of carbonyl (C=O) groups is 2. The lowest BCUT2D eigenvalue weighted by Gasteiger charge is -2.09. The van der Waals surface area contributed by atoms with Crippen molar-refractivity contribution in [1.29, 1.82) is 0 Å². The van der Waals surface area contributed by atoms with Crippen LogP contribution in [0.4, 0.5) is 0 Å². The molecular formula is C22H22INO5. The number of fused-ring (bicyclic) bond motifs is 1. The van der Waals surface area contributed by atoms with Gasteiger partial charge >= 0.3 is 11.9 Å². The largest absolute Gasteiger partial charge is 0.482 e. The Morgan fingerprint density at radius 2 is 1.69 bits per heavy atom. The van der Waals surface area contributed by atoms with Crippen molar-refractivity contribution in [1.82, 2.24) is 4.57 Å². The van der Waals surface area contributed by atoms with E-state index in [9.17, 15) is 9.59 Å². The van der Waals surface area contributed by atoms with Gasteiger partial charge in [0.1, 0.15) is 5.75 Å². The third-order valence-electron chi connectivity index (χ3n) is 4.40. The van der Waals surface area contributed by atoms with Gasteiger partial charge in [0.15, 0.2) is 6.61 Å². The Hall–Kier alpha value is -2.55. The topological polar surface area (TPSA) is 66.8 Å². The highest BCUT2D eigenvalue weighted by Gasteiger charge is 2.22. The SMILES string of the molecule is CCOC(=O)COc1ccc2c(c1)c(C(=O)OCC)c(C)n2-c1ccc(I)cc1. The lowest BCUT2D eigenvalue weighted by atomic mass is 10.1. The maximum atomic E-state index is 12.7. The molecule has 1 heterocycles. The summed E-state index contributed by atoms with van der Waals surface area (Å²) in [5.74, 6) is -0.344. The van der Waals surface area contributed by atoms with Crippen molar-refractivity contribution < 1.29 is 23.8 Å². The molecule has 29 heavy (non-hydrogen) atoms. The molecule has 152 valence electrons. The van der Waals surface area contributed by atoms with Gasteiger partial charge in [0.2, 0.25) is 0 Å². The highest BCUT2D eigenvalue weighted by atomic mass is 127. The summed E-state index contributed by atoms with van der Waals surface area (Å²) in [7, 11) is 0. The van der Waals surface area contributed by atoms with Crippen LogP contribution in [0.15, 0.2) is 42.5 Å². The van der Waals surface area contributed by atoms with Crippen molar-refractivity contribution in [3.8, 4) is 11.4 Å². The van der Waals surface area contributed by atoms with Crippen molar-refractivity contribution in [2.45, 2.75) is 20.8 Å². The Kier molecular flexibility index (Phi) is 6.79. The standard InChI is InChI=1S/C22H22INO5/c1-4-27-20(25)13-29-17-10-11-19-18(12-17)21(22(26)28-5-2)14(3)24(19)16-8-6-15(23)7-9-16/h6-12H,4-5,13H2,1-3H3. The number of nitrogens with zero attached hydrogens (tertiary/aromatic N) is 1. The summed E-state index contributed by atoms with van der Waals surface area (Å²) in [6, 6.07) is 13.5. The fraction of sp³-hybridized carbons (Fsp3) is 0.273. The molecule has 0 atom stereocenters. The molecule has 0 saturated carbocycles. The maximum Gasteiger partial charge on any atom is 0.344 e. The predicted molar refractivity (Wildman–Crippen MR) is 119 cm³/mol. The van der Waals surface area contributed by atoms with Gasteiger partial charge in [-0.15, -0.1) is 0 Å². The van der Waals surface area contributed by atoms with E-state index in [2.05, 4.69) is 22.6 Å². The van der Waals surface area contributed by atoms with Gasteiger partial charge in [-0.05, 0) is 85.8 Å². The van der Waals surface area contributed by atoms with Crippen LogP contribution in [0.2, 0.25) is 0 Å². The predicted octanol–water partition coefficient (Wildman–Crippen LogP) is 4.66. The van der Waals surface area contributed by atoms with E-state index in [1.165, 1.54) is 0 Å². The van der Waals surface area contributed by atoms with Crippen LogP contribution in [0.5, 0.6) is 5.75 Å². The Balaban J connectivity index is 2.10. The molecule has 6 nitrogen and oxygen atoms in total. The van der Waals surface area contributed by atoms with Crippen LogP contribution < -0.4 is 4.74 Å². The minimum Gasteiger partial charge on any atom is -0.482 e. The van der Waals surface area contributed by atoms with Crippen LogP contribution in [0.25, 0.3) is 16.6 Å². The van der Waals surface area contributed by atoms with Gasteiger partial charge < -0.3 is 18.8 Å². The molecular weight excluding hydrogens is 485 g/mol. The first-order chi connectivity index (χ1) is 14.0. The maximum absolute atomic E-state index is 12.7. The van der Waals surface area contributed by atoms with Crippen LogP contribution in [-0.2, 0) is 14.3 Å². The summed E-state index contributed by atoms with van der Waals surface area (Å²) in [5.41, 5.74) is 3.07. The monoisotopic (exact) mass is 507 g/mol. The molecule has 0 unspecified atom stereocenters. The molecule has 0 aliphatic rings. The van der Waals surface area contributed by atoms with E-state index in [0.717, 1.165) is 20.5 Å². The number of hydrogen-bond donors (Lipinski definition) is 0. The Morgan fingerprint density at radius 3 is 2.34 bits per heavy atom. The molecule has 0 amide bonds. The fourth-order valence-electron chi connectivity index (χ4n) is 3.22. The van der Waals surface area contributed by atoms with Gasteiger partial charge in [-0.1, -0.05) is 0 Å². The molecule has 0 spiro atoms. The lowest BCUT2D eigenvalue weighted by molar-refractivity contribution is -0.145. The molecule has 0 aliphatic heterocycles. The number of benzene rings is 2. The molecule has 3 aromatic rings. The minimum atomic E-state index is -0.439. The normalized spacial score (nSPS) is 10.8. The Labute approximate surface area is 182 Å². The van der Waals surface area contributed by atoms with E-state index in [0.29, 0.717) is 23.3 Å². The quantitative estimate of drug-likeness (QED) is 0.344. The lowest BCUT2D eigenvalue weighted by Crippen LogP contribution is -2.14. The Bertz CT molecular complexity index is 1040. The van der Waals surface area contributed by atoms with Gasteiger partial charge in [0, 0.05) is 20.3 Å². The molecule has 1 aromatic heterocycles. The average Bonchev–Trinajstić information content (AvgIpc) is 2.98. The first kappa shape index (κ1) is 21.2. The van der Waals surface area contributed by atoms with E-state index in [-0.39, 0.29) is 19.2 Å². The van der Waals surface area contributed by atoms with E-state index in [4.69, 9.17) is 14.2 Å². The summed E-state index contributed by atoms with van der Waals surface area (Å²) in [4.78, 5) is 24.3. The number of rotatable bonds is 7. The minimum absolute atomic E-state index is 0.190. The Morgan fingerprint density at radius 1 is 1.00 bits per heavy atom. The van der Waals surface area contributed by atoms with Gasteiger partial charge in [0.05, 0.1) is 24.3 Å². The second-order valence-corrected chi connectivity index (χ2v) is 7.51. The molecule has 0 aliphatic carbocycles. The first-order valence-corrected chi connectivity index (χ1v) is 10.4. The van der Waals surface area contributed by atoms with E-state index in [1.54, 1.807) is 26.0 Å². The van der Waals surface area contributed by atoms with Crippen LogP contribution >= 0.6 is 22.6 Å². The van der Waals surface area contributed by atoms with E-state index < -0.39 is 5.97 Å². The molecule has 0 radical (unpaired) electrons. The molecule has 7 heteroatoms. The molecule has 2 aromatic carbocycles. The smallest absolute Gasteiger partial charge is 0.344 e. The second-order valence-electron chi connectivity index (χ2n) is 6.27. The van der Waals surface area contributed by atoms with Crippen LogP contribution in [0.3, 0.4) is 0 Å². The summed E-state index contributed by atoms with van der Waals surface area (Å²) in [5, 5.41) is 0.709. The van der Waals surface area contributed by atoms with Crippen LogP contribution in [0, 0.1) is 10.5 Å². The number of aromatic nitrogens is 1. The number of hydrogen-bond acceptors (Lipinski definition) is 5. The second kappa shape index (κ2) is 9.30. The zero-order valence-electron chi connectivity index (χ0n) is 16.5. The number of halogens is 1. The number of esters is 2. The van der Waals surface area contributed by atoms with E-state index >= 15 is 0 Å². The zero-order chi connectivity index (χ0) is 21.0. The van der Waals surface area contributed by atoms with Crippen molar-refractivity contribution in [3.05, 3.63) is 57.3 Å². The van der Waals surface area contributed by atoms with E-state index in [1.807, 2.05) is 41.8 Å². The average molecular weight is 507 g/mol. The number of ether oxygens (including phenoxy) is 3. The van der Waals surface area contributed by atoms with Crippen LogP contribution in [0.1, 0.15) is 29.9 Å². The van der Waals surface area contributed by atoms with Gasteiger partial charge in [-0.25, -0.2) is 9.59 Å². The van der Waals surface area contributed by atoms with Crippen molar-refractivity contribution in [2.75, 3.05) is 19.8 Å². The summed E-state index contributed by atoms with van der Waals surface area (Å²) in [6.45, 7) is 5.80. The first-order valence-electron chi connectivity index (χ1n) is 9.32. The van der Waals surface area contributed by atoms with Crippen molar-refractivity contribution >= 4 is 45.4 Å². The van der Waals surface area contributed by atoms with Gasteiger partial charge in [-0.2, -0.15) is 0 Å². The zero-order valence-corrected chi connectivity index (χ0v) is 18.7. The molecule has 0 fully saturated rings. The molecule has 3 rings (SSSR count). The van der Waals surface area contributed by atoms with Crippen molar-refractivity contribution in [3.63, 3.8) is 0 Å². The van der Waals surface area contributed by atoms with Gasteiger partial charge in [0.25, 0.3) is 0 Å². The highest BCUT2D eigenvalue weighted by Crippen LogP contribution is 2.32. The molecule has 0 N–H and O–H groups in total. The third kappa shape index (κ3) is 4.55.